The Morgan fingerprint density at radius 1 is 1.09 bits per heavy atom. The van der Waals surface area contributed by atoms with Gasteiger partial charge in [0.05, 0.1) is 12.2 Å². The van der Waals surface area contributed by atoms with Crippen molar-refractivity contribution in [3.05, 3.63) is 52.0 Å². The zero-order chi connectivity index (χ0) is 34.3. The van der Waals surface area contributed by atoms with Gasteiger partial charge in [0.25, 0.3) is 0 Å². The van der Waals surface area contributed by atoms with E-state index >= 15 is 0 Å². The van der Waals surface area contributed by atoms with Gasteiger partial charge in [-0.05, 0) is 116 Å². The van der Waals surface area contributed by atoms with Crippen molar-refractivity contribution < 1.29 is 13.6 Å². The van der Waals surface area contributed by atoms with Gasteiger partial charge in [0.15, 0.2) is 27.4 Å². The van der Waals surface area contributed by atoms with E-state index in [1.807, 2.05) is 5.38 Å². The number of aromatic nitrogens is 1. The summed E-state index contributed by atoms with van der Waals surface area (Å²) in [5.74, 6) is 2.02. The Morgan fingerprint density at radius 2 is 1.74 bits per heavy atom. The van der Waals surface area contributed by atoms with Crippen LogP contribution >= 0.6 is 11.3 Å². The summed E-state index contributed by atoms with van der Waals surface area (Å²) in [6.45, 7) is 33.1. The van der Waals surface area contributed by atoms with Crippen molar-refractivity contribution >= 4 is 33.8 Å². The highest BCUT2D eigenvalue weighted by Crippen LogP contribution is 2.60. The number of rotatable bonds is 10. The first-order valence-electron chi connectivity index (χ1n) is 18.0. The van der Waals surface area contributed by atoms with E-state index in [2.05, 4.69) is 105 Å². The summed E-state index contributed by atoms with van der Waals surface area (Å²) in [6.07, 6.45) is 16.4. The lowest BCUT2D eigenvalue weighted by Crippen LogP contribution is -2.49. The Balaban J connectivity index is 1.55. The molecule has 1 heterocycles. The van der Waals surface area contributed by atoms with Crippen molar-refractivity contribution in [2.45, 2.75) is 162 Å². The van der Waals surface area contributed by atoms with Gasteiger partial charge < -0.3 is 8.85 Å². The van der Waals surface area contributed by atoms with Gasteiger partial charge in [0.1, 0.15) is 0 Å². The highest BCUT2D eigenvalue weighted by atomic mass is 32.1. The molecule has 1 aromatic rings. The molecule has 3 aliphatic rings. The van der Waals surface area contributed by atoms with Gasteiger partial charge in [-0.3, -0.25) is 4.79 Å². The van der Waals surface area contributed by atoms with Crippen LogP contribution in [0.25, 0.3) is 0 Å². The molecule has 0 bridgehead atoms. The van der Waals surface area contributed by atoms with E-state index in [0.29, 0.717) is 34.6 Å². The molecule has 0 saturated heterocycles. The zero-order valence-electron chi connectivity index (χ0n) is 31.3. The predicted molar refractivity (Wildman–Crippen MR) is 202 cm³/mol. The van der Waals surface area contributed by atoms with Gasteiger partial charge in [0.2, 0.25) is 0 Å². The molecule has 0 radical (unpaired) electrons. The maximum Gasteiger partial charge on any atom is 0.192 e. The molecule has 4 nitrogen and oxygen atoms in total. The monoisotopic (exact) mass is 683 g/mol. The molecule has 0 amide bonds. The summed E-state index contributed by atoms with van der Waals surface area (Å²) in [7, 11) is -3.93. The smallest absolute Gasteiger partial charge is 0.192 e. The van der Waals surface area contributed by atoms with Crippen LogP contribution in [0.2, 0.25) is 36.3 Å². The third-order valence-corrected chi connectivity index (χ3v) is 22.8. The minimum absolute atomic E-state index is 0.00878. The first-order chi connectivity index (χ1) is 21.2. The molecule has 0 aliphatic heterocycles. The molecule has 2 unspecified atom stereocenters. The number of carbonyl (C=O) groups is 1. The summed E-state index contributed by atoms with van der Waals surface area (Å²) < 4.78 is 14.2. The van der Waals surface area contributed by atoms with E-state index in [1.165, 1.54) is 49.0 Å². The fourth-order valence-electron chi connectivity index (χ4n) is 8.01. The lowest BCUT2D eigenvalue weighted by atomic mass is 9.60. The first kappa shape index (κ1) is 37.7. The number of allylic oxidation sites excluding steroid dienone is 3. The van der Waals surface area contributed by atoms with E-state index in [4.69, 9.17) is 8.85 Å². The van der Waals surface area contributed by atoms with Crippen LogP contribution < -0.4 is 0 Å². The molecule has 3 aliphatic carbocycles. The lowest BCUT2D eigenvalue weighted by Gasteiger charge is -2.46. The minimum atomic E-state index is -1.99. The molecule has 1 aromatic heterocycles. The molecule has 46 heavy (non-hydrogen) atoms. The second-order valence-corrected chi connectivity index (χ2v) is 28.5. The molecule has 3 saturated carbocycles. The third-order valence-electron chi connectivity index (χ3n) is 13.0. The van der Waals surface area contributed by atoms with Crippen molar-refractivity contribution in [1.82, 2.24) is 4.98 Å². The molecule has 258 valence electrons. The standard InChI is InChI=1S/C39H65NO3SSi2/c1-27(16-21-34(41)36-40-23-24-44-36)32-19-20-33-29(15-14-22-39(32,33)9)17-18-30-25-31(42-45(10,11)37(3,4)5)26-35(28(30)2)43-46(12,13)38(6,7)8/h17-18,23-24,27,31-33,35H,2,14-16,19-22,25-26H2,1,3-13H3/t27-,31?,32-,33+,35?,39-/m1/s1. The maximum absolute atomic E-state index is 12.7. The number of carbonyl (C=O) groups excluding carboxylic acids is 1. The van der Waals surface area contributed by atoms with Crippen molar-refractivity contribution in [2.75, 3.05) is 0 Å². The summed E-state index contributed by atoms with van der Waals surface area (Å²) in [5, 5.41) is 2.87. The van der Waals surface area contributed by atoms with Crippen molar-refractivity contribution in [3.63, 3.8) is 0 Å². The van der Waals surface area contributed by atoms with Gasteiger partial charge in [0, 0.05) is 24.4 Å². The highest BCUT2D eigenvalue weighted by molar-refractivity contribution is 7.11. The largest absolute Gasteiger partial charge is 0.413 e. The fraction of sp³-hybridized carbons (Fsp3) is 0.744. The molecule has 0 N–H and O–H groups in total. The van der Waals surface area contributed by atoms with Gasteiger partial charge in [-0.1, -0.05) is 79.7 Å². The topological polar surface area (TPSA) is 48.4 Å². The summed E-state index contributed by atoms with van der Waals surface area (Å²) >= 11 is 1.47. The molecule has 7 heteroatoms. The van der Waals surface area contributed by atoms with Gasteiger partial charge >= 0.3 is 0 Å². The summed E-state index contributed by atoms with van der Waals surface area (Å²) in [5.41, 5.74) is 4.41. The Kier molecular flexibility index (Phi) is 11.5. The Bertz CT molecular complexity index is 1300. The molecule has 0 spiro atoms. The average Bonchev–Trinajstić information content (AvgIpc) is 3.59. The SMILES string of the molecule is C=C1C(=CC=C2CCC[C@]3(C)[C@@H]([C@H](C)CCC(=O)c4nccs4)CC[C@@H]23)CC(O[Si](C)(C)C(C)(C)C)CC1O[Si](C)(C)C(C)(C)C. The molecule has 4 rings (SSSR count). The van der Waals surface area contributed by atoms with E-state index in [-0.39, 0.29) is 28.1 Å². The minimum Gasteiger partial charge on any atom is -0.413 e. The van der Waals surface area contributed by atoms with E-state index in [9.17, 15) is 4.79 Å². The first-order valence-corrected chi connectivity index (χ1v) is 24.7. The van der Waals surface area contributed by atoms with Crippen LogP contribution in [0, 0.1) is 23.2 Å². The van der Waals surface area contributed by atoms with Crippen LogP contribution in [0.5, 0.6) is 0 Å². The number of thiazole rings is 1. The maximum atomic E-state index is 12.7. The van der Waals surface area contributed by atoms with Crippen LogP contribution in [0.1, 0.15) is 123 Å². The molecular formula is C39H65NO3SSi2. The zero-order valence-corrected chi connectivity index (χ0v) is 34.2. The Morgan fingerprint density at radius 3 is 2.35 bits per heavy atom. The third kappa shape index (κ3) is 8.18. The van der Waals surface area contributed by atoms with Crippen LogP contribution in [0.3, 0.4) is 0 Å². The average molecular weight is 684 g/mol. The van der Waals surface area contributed by atoms with Crippen LogP contribution in [-0.4, -0.2) is 39.6 Å². The summed E-state index contributed by atoms with van der Waals surface area (Å²) in [6, 6.07) is 0. The van der Waals surface area contributed by atoms with Crippen molar-refractivity contribution in [2.24, 2.45) is 23.2 Å². The second-order valence-electron chi connectivity index (χ2n) is 18.1. The normalized spacial score (nSPS) is 30.6. The second kappa shape index (κ2) is 14.0. The van der Waals surface area contributed by atoms with E-state index in [0.717, 1.165) is 24.8 Å². The number of Topliss-reactive ketones (excluding diaryl/α,β-unsaturated/α-hetero) is 1. The number of nitrogens with zero attached hydrogens (tertiary/aromatic N) is 1. The highest BCUT2D eigenvalue weighted by Gasteiger charge is 2.51. The Labute approximate surface area is 288 Å². The molecule has 0 aromatic carbocycles. The molecule has 6 atom stereocenters. The quantitative estimate of drug-likeness (QED) is 0.182. The predicted octanol–water partition coefficient (Wildman–Crippen LogP) is 11.9. The van der Waals surface area contributed by atoms with Crippen LogP contribution in [0.15, 0.2) is 47.0 Å². The Hall–Kier alpha value is -1.13. The number of hydrogen-bond donors (Lipinski definition) is 0. The van der Waals surface area contributed by atoms with Crippen LogP contribution in [0.4, 0.5) is 0 Å². The van der Waals surface area contributed by atoms with Gasteiger partial charge in [-0.15, -0.1) is 11.3 Å². The van der Waals surface area contributed by atoms with Gasteiger partial charge in [-0.25, -0.2) is 4.98 Å². The fourth-order valence-corrected chi connectivity index (χ4v) is 11.3. The number of fused-ring (bicyclic) bond motifs is 1. The molecular weight excluding hydrogens is 619 g/mol. The number of ketones is 1. The van der Waals surface area contributed by atoms with E-state index < -0.39 is 16.6 Å². The van der Waals surface area contributed by atoms with Crippen molar-refractivity contribution in [1.29, 1.82) is 0 Å². The van der Waals surface area contributed by atoms with Crippen molar-refractivity contribution in [3.8, 4) is 0 Å². The van der Waals surface area contributed by atoms with Gasteiger partial charge in [-0.2, -0.15) is 0 Å². The number of hydrogen-bond acceptors (Lipinski definition) is 5. The molecule has 3 fully saturated rings. The summed E-state index contributed by atoms with van der Waals surface area (Å²) in [4.78, 5) is 17.0. The lowest BCUT2D eigenvalue weighted by molar-refractivity contribution is 0.0855. The van der Waals surface area contributed by atoms with Crippen LogP contribution in [-0.2, 0) is 8.85 Å². The van der Waals surface area contributed by atoms with E-state index in [1.54, 1.807) is 11.8 Å².